The molecule has 2 aliphatic rings. The molecule has 0 aliphatic carbocycles. The summed E-state index contributed by atoms with van der Waals surface area (Å²) in [4.78, 5) is 31.0. The molecule has 1 aromatic heterocycles. The van der Waals surface area contributed by atoms with Crippen LogP contribution in [-0.4, -0.2) is 85.1 Å². The maximum absolute atomic E-state index is 12.9. The summed E-state index contributed by atoms with van der Waals surface area (Å²) in [5.74, 6) is 1.62. The quantitative estimate of drug-likeness (QED) is 0.719. The highest BCUT2D eigenvalue weighted by atomic mass is 35.5. The number of nitrogens with zero attached hydrogens (tertiary/aromatic N) is 6. The van der Waals surface area contributed by atoms with E-state index in [2.05, 4.69) is 32.8 Å². The fourth-order valence-electron chi connectivity index (χ4n) is 3.82. The summed E-state index contributed by atoms with van der Waals surface area (Å²) in [5.41, 5.74) is 1.40. The lowest BCUT2D eigenvalue weighted by molar-refractivity contribution is 0.0746. The van der Waals surface area contributed by atoms with Crippen LogP contribution >= 0.6 is 23.2 Å². The van der Waals surface area contributed by atoms with Crippen molar-refractivity contribution in [3.63, 3.8) is 0 Å². The van der Waals surface area contributed by atoms with E-state index in [-0.39, 0.29) is 5.91 Å². The van der Waals surface area contributed by atoms with E-state index >= 15 is 0 Å². The Morgan fingerprint density at radius 2 is 1.57 bits per heavy atom. The molecule has 2 saturated heterocycles. The van der Waals surface area contributed by atoms with E-state index in [0.717, 1.165) is 43.6 Å². The smallest absolute Gasteiger partial charge is 0.255 e. The van der Waals surface area contributed by atoms with Crippen LogP contribution in [0.2, 0.25) is 10.0 Å². The van der Waals surface area contributed by atoms with Crippen molar-refractivity contribution in [1.29, 1.82) is 0 Å². The molecule has 0 spiro atoms. The summed E-state index contributed by atoms with van der Waals surface area (Å²) >= 11 is 12.3. The van der Waals surface area contributed by atoms with Crippen molar-refractivity contribution in [3.05, 3.63) is 45.6 Å². The van der Waals surface area contributed by atoms with E-state index in [0.29, 0.717) is 41.8 Å². The number of likely N-dealkylation sites (N-methyl/N-ethyl adjacent to an activating group) is 1. The molecule has 160 valence electrons. The maximum Gasteiger partial charge on any atom is 0.255 e. The Morgan fingerprint density at radius 1 is 0.900 bits per heavy atom. The van der Waals surface area contributed by atoms with Crippen LogP contribution in [0.1, 0.15) is 16.1 Å². The zero-order valence-corrected chi connectivity index (χ0v) is 18.8. The fraction of sp³-hybridized carbons (Fsp3) is 0.476. The first-order chi connectivity index (χ1) is 14.4. The highest BCUT2D eigenvalue weighted by Gasteiger charge is 2.26. The normalized spacial score (nSPS) is 18.1. The first kappa shape index (κ1) is 21.2. The predicted octanol–water partition coefficient (Wildman–Crippen LogP) is 2.81. The number of piperazine rings is 2. The lowest BCUT2D eigenvalue weighted by Crippen LogP contribution is -2.49. The van der Waals surface area contributed by atoms with Crippen LogP contribution in [-0.2, 0) is 0 Å². The number of carbonyl (C=O) groups excluding carboxylic acids is 1. The number of hydrogen-bond donors (Lipinski definition) is 0. The molecule has 9 heteroatoms. The van der Waals surface area contributed by atoms with Gasteiger partial charge >= 0.3 is 0 Å². The molecule has 0 saturated carbocycles. The van der Waals surface area contributed by atoms with Crippen molar-refractivity contribution in [2.45, 2.75) is 6.92 Å². The number of carbonyl (C=O) groups is 1. The van der Waals surface area contributed by atoms with Crippen molar-refractivity contribution in [2.24, 2.45) is 0 Å². The van der Waals surface area contributed by atoms with Crippen molar-refractivity contribution >= 4 is 40.9 Å². The Hall–Kier alpha value is -2.09. The average molecular weight is 449 g/mol. The lowest BCUT2D eigenvalue weighted by Gasteiger charge is -2.36. The molecule has 0 N–H and O–H groups in total. The van der Waals surface area contributed by atoms with Crippen LogP contribution < -0.4 is 9.80 Å². The second-order valence-electron chi connectivity index (χ2n) is 7.86. The molecule has 7 nitrogen and oxygen atoms in total. The van der Waals surface area contributed by atoms with Gasteiger partial charge in [0.25, 0.3) is 5.91 Å². The number of halogens is 2. The Balaban J connectivity index is 1.44. The van der Waals surface area contributed by atoms with E-state index < -0.39 is 0 Å². The van der Waals surface area contributed by atoms with Crippen LogP contribution in [0.5, 0.6) is 0 Å². The third kappa shape index (κ3) is 4.63. The van der Waals surface area contributed by atoms with Gasteiger partial charge in [0.15, 0.2) is 0 Å². The highest BCUT2D eigenvalue weighted by molar-refractivity contribution is 6.35. The summed E-state index contributed by atoms with van der Waals surface area (Å²) in [6.07, 6.45) is 0. The molecular weight excluding hydrogens is 423 g/mol. The summed E-state index contributed by atoms with van der Waals surface area (Å²) < 4.78 is 0. The van der Waals surface area contributed by atoms with Crippen molar-refractivity contribution in [1.82, 2.24) is 19.8 Å². The number of amides is 1. The topological polar surface area (TPSA) is 55.8 Å². The first-order valence-electron chi connectivity index (χ1n) is 10.2. The van der Waals surface area contributed by atoms with Gasteiger partial charge in [-0.15, -0.1) is 0 Å². The Morgan fingerprint density at radius 3 is 2.27 bits per heavy atom. The number of aromatic nitrogens is 2. The van der Waals surface area contributed by atoms with E-state index in [1.807, 2.05) is 11.8 Å². The van der Waals surface area contributed by atoms with Gasteiger partial charge in [0.1, 0.15) is 5.82 Å². The minimum absolute atomic E-state index is 0.0922. The fourth-order valence-corrected chi connectivity index (χ4v) is 4.19. The van der Waals surface area contributed by atoms with Gasteiger partial charge in [-0.2, -0.15) is 4.98 Å². The second kappa shape index (κ2) is 8.96. The van der Waals surface area contributed by atoms with Crippen molar-refractivity contribution in [2.75, 3.05) is 69.2 Å². The SMILES string of the molecule is Cc1cc(N2CCN(C)CC2)nc(N2CCN(C(=O)c3cc(Cl)ccc3Cl)CC2)n1. The third-order valence-electron chi connectivity index (χ3n) is 5.66. The Kier molecular flexibility index (Phi) is 6.32. The van der Waals surface area contributed by atoms with Crippen LogP contribution in [0, 0.1) is 6.92 Å². The number of aryl methyl sites for hydroxylation is 1. The minimum Gasteiger partial charge on any atom is -0.354 e. The monoisotopic (exact) mass is 448 g/mol. The number of rotatable bonds is 3. The molecule has 30 heavy (non-hydrogen) atoms. The van der Waals surface area contributed by atoms with E-state index in [4.69, 9.17) is 28.2 Å². The maximum atomic E-state index is 12.9. The van der Waals surface area contributed by atoms with E-state index in [1.54, 1.807) is 18.2 Å². The van der Waals surface area contributed by atoms with Gasteiger partial charge in [0.05, 0.1) is 10.6 Å². The zero-order chi connectivity index (χ0) is 21.3. The van der Waals surface area contributed by atoms with Crippen LogP contribution in [0.25, 0.3) is 0 Å². The highest BCUT2D eigenvalue weighted by Crippen LogP contribution is 2.24. The number of hydrogen-bond acceptors (Lipinski definition) is 6. The molecule has 4 rings (SSSR count). The Labute approximate surface area is 187 Å². The van der Waals surface area contributed by atoms with Gasteiger partial charge in [-0.1, -0.05) is 23.2 Å². The van der Waals surface area contributed by atoms with Gasteiger partial charge in [-0.3, -0.25) is 4.79 Å². The molecule has 2 aromatic rings. The molecule has 0 atom stereocenters. The van der Waals surface area contributed by atoms with Gasteiger partial charge in [-0.25, -0.2) is 4.98 Å². The molecule has 0 bridgehead atoms. The van der Waals surface area contributed by atoms with E-state index in [9.17, 15) is 4.79 Å². The summed E-state index contributed by atoms with van der Waals surface area (Å²) in [6, 6.07) is 7.03. The van der Waals surface area contributed by atoms with Gasteiger partial charge in [-0.05, 0) is 32.2 Å². The van der Waals surface area contributed by atoms with Crippen LogP contribution in [0.15, 0.2) is 24.3 Å². The van der Waals surface area contributed by atoms with Crippen molar-refractivity contribution < 1.29 is 4.79 Å². The van der Waals surface area contributed by atoms with Crippen molar-refractivity contribution in [3.8, 4) is 0 Å². The summed E-state index contributed by atoms with van der Waals surface area (Å²) in [7, 11) is 2.14. The molecule has 3 heterocycles. The van der Waals surface area contributed by atoms with Crippen LogP contribution in [0.4, 0.5) is 11.8 Å². The molecule has 0 radical (unpaired) electrons. The largest absolute Gasteiger partial charge is 0.354 e. The second-order valence-corrected chi connectivity index (χ2v) is 8.70. The molecule has 2 fully saturated rings. The molecule has 2 aliphatic heterocycles. The van der Waals surface area contributed by atoms with Gasteiger partial charge in [0, 0.05) is 69.1 Å². The number of benzene rings is 1. The standard InChI is InChI=1S/C21H26Cl2N6O/c1-15-13-19(27-7-5-26(2)6-8-27)25-21(24-15)29-11-9-28(10-12-29)20(30)17-14-16(22)3-4-18(17)23/h3-4,13-14H,5-12H2,1-2H3. The van der Waals surface area contributed by atoms with Crippen LogP contribution in [0.3, 0.4) is 0 Å². The number of anilines is 2. The summed E-state index contributed by atoms with van der Waals surface area (Å²) in [5, 5.41) is 0.927. The minimum atomic E-state index is -0.0922. The predicted molar refractivity (Wildman–Crippen MR) is 121 cm³/mol. The zero-order valence-electron chi connectivity index (χ0n) is 17.3. The van der Waals surface area contributed by atoms with E-state index in [1.165, 1.54) is 0 Å². The average Bonchev–Trinajstić information content (AvgIpc) is 2.75. The molecule has 1 aromatic carbocycles. The first-order valence-corrected chi connectivity index (χ1v) is 10.9. The van der Waals surface area contributed by atoms with Gasteiger partial charge in [0.2, 0.25) is 5.95 Å². The Bertz CT molecular complexity index is 924. The lowest BCUT2D eigenvalue weighted by atomic mass is 10.2. The van der Waals surface area contributed by atoms with Gasteiger partial charge < -0.3 is 19.6 Å². The third-order valence-corrected chi connectivity index (χ3v) is 6.23. The molecular formula is C21H26Cl2N6O. The molecule has 1 amide bonds. The molecule has 0 unspecified atom stereocenters. The summed E-state index contributed by atoms with van der Waals surface area (Å²) in [6.45, 7) is 8.53.